The summed E-state index contributed by atoms with van der Waals surface area (Å²) in [5, 5.41) is 11.3. The second-order valence-corrected chi connectivity index (χ2v) is 9.15. The summed E-state index contributed by atoms with van der Waals surface area (Å²) < 4.78 is 116. The fourth-order valence-corrected chi connectivity index (χ4v) is 3.84. The van der Waals surface area contributed by atoms with E-state index in [1.165, 1.54) is 13.0 Å². The van der Waals surface area contributed by atoms with E-state index >= 15 is 0 Å². The van der Waals surface area contributed by atoms with E-state index in [2.05, 4.69) is 10.1 Å². The van der Waals surface area contributed by atoms with Gasteiger partial charge in [-0.3, -0.25) is 4.79 Å². The van der Waals surface area contributed by atoms with Crippen molar-refractivity contribution in [3.63, 3.8) is 0 Å². The van der Waals surface area contributed by atoms with Crippen LogP contribution in [-0.2, 0) is 6.18 Å². The van der Waals surface area contributed by atoms with Crippen molar-refractivity contribution in [3.8, 4) is 17.2 Å². The Labute approximate surface area is 222 Å². The lowest BCUT2D eigenvalue weighted by Crippen LogP contribution is -2.40. The van der Waals surface area contributed by atoms with E-state index in [9.17, 15) is 39.9 Å². The third-order valence-corrected chi connectivity index (χ3v) is 6.02. The van der Waals surface area contributed by atoms with Gasteiger partial charge in [-0.25, -0.2) is 4.39 Å². The average Bonchev–Trinajstić information content (AvgIpc) is 3.70. The van der Waals surface area contributed by atoms with Gasteiger partial charge < -0.3 is 19.9 Å². The molecule has 214 valence electrons. The minimum atomic E-state index is -5.26. The fourth-order valence-electron chi connectivity index (χ4n) is 3.84. The van der Waals surface area contributed by atoms with Crippen LogP contribution in [0.25, 0.3) is 0 Å². The number of anilines is 1. The molecule has 0 aromatic heterocycles. The van der Waals surface area contributed by atoms with E-state index in [1.807, 2.05) is 0 Å². The first-order valence-corrected chi connectivity index (χ1v) is 11.8. The van der Waals surface area contributed by atoms with Crippen molar-refractivity contribution < 1.29 is 54.5 Å². The molecule has 2 atom stereocenters. The minimum Gasteiger partial charge on any atom is -0.457 e. The van der Waals surface area contributed by atoms with Crippen molar-refractivity contribution >= 4 is 11.6 Å². The fraction of sp³-hybridized carbons (Fsp3) is 0.296. The molecule has 13 heteroatoms. The van der Waals surface area contributed by atoms with Gasteiger partial charge in [0, 0.05) is 5.69 Å². The van der Waals surface area contributed by atoms with Crippen LogP contribution in [0.15, 0.2) is 54.6 Å². The third-order valence-electron chi connectivity index (χ3n) is 6.02. The van der Waals surface area contributed by atoms with Crippen molar-refractivity contribution in [1.82, 2.24) is 0 Å². The lowest BCUT2D eigenvalue weighted by Gasteiger charge is -2.20. The molecule has 3 aromatic rings. The lowest BCUT2D eigenvalue weighted by molar-refractivity contribution is -0.244. The number of halogens is 8. The van der Waals surface area contributed by atoms with Crippen LogP contribution in [0, 0.1) is 12.7 Å². The normalized spacial score (nSPS) is 15.3. The number of rotatable bonds is 8. The first-order valence-electron chi connectivity index (χ1n) is 11.8. The number of aliphatic hydroxyl groups is 1. The Balaban J connectivity index is 1.62. The summed E-state index contributed by atoms with van der Waals surface area (Å²) in [6.07, 6.45) is -15.5. The Bertz CT molecular complexity index is 1390. The SMILES string of the molecule is Cc1cc(F)ccc1Oc1cc(C2CC2)c(C(F)(F)F)cc1C(=O)Nc1ccc(OC(F)C(O)C(F)(F)F)cc1. The molecule has 1 aliphatic rings. The summed E-state index contributed by atoms with van der Waals surface area (Å²) in [6.45, 7) is 1.52. The molecule has 40 heavy (non-hydrogen) atoms. The monoisotopic (exact) mass is 575 g/mol. The quantitative estimate of drug-likeness (QED) is 0.271. The summed E-state index contributed by atoms with van der Waals surface area (Å²) in [6, 6.07) is 9.51. The Morgan fingerprint density at radius 1 is 0.975 bits per heavy atom. The molecule has 2 unspecified atom stereocenters. The molecule has 0 aliphatic heterocycles. The number of ether oxygens (including phenoxy) is 2. The Hall–Kier alpha value is -3.87. The summed E-state index contributed by atoms with van der Waals surface area (Å²) in [4.78, 5) is 13.1. The molecule has 0 heterocycles. The van der Waals surface area contributed by atoms with Gasteiger partial charge in [-0.05, 0) is 91.4 Å². The molecule has 5 nitrogen and oxygen atoms in total. The molecule has 1 saturated carbocycles. The molecule has 1 amide bonds. The zero-order valence-corrected chi connectivity index (χ0v) is 20.5. The van der Waals surface area contributed by atoms with E-state index in [0.29, 0.717) is 24.5 Å². The summed E-state index contributed by atoms with van der Waals surface area (Å²) >= 11 is 0. The number of amides is 1. The van der Waals surface area contributed by atoms with Crippen LogP contribution >= 0.6 is 0 Å². The number of alkyl halides is 7. The topological polar surface area (TPSA) is 67.8 Å². The molecule has 0 bridgehead atoms. The summed E-state index contributed by atoms with van der Waals surface area (Å²) in [7, 11) is 0. The minimum absolute atomic E-state index is 0.0205. The van der Waals surface area contributed by atoms with Gasteiger partial charge in [0.25, 0.3) is 12.3 Å². The maximum atomic E-state index is 13.9. The number of carbonyl (C=O) groups is 1. The van der Waals surface area contributed by atoms with Crippen molar-refractivity contribution in [2.24, 2.45) is 0 Å². The van der Waals surface area contributed by atoms with Crippen LogP contribution in [0.4, 0.5) is 40.8 Å². The highest BCUT2D eigenvalue weighted by Gasteiger charge is 2.45. The van der Waals surface area contributed by atoms with Gasteiger partial charge in [0.15, 0.2) is 0 Å². The highest BCUT2D eigenvalue weighted by Crippen LogP contribution is 2.48. The van der Waals surface area contributed by atoms with Crippen molar-refractivity contribution in [2.45, 2.75) is 50.5 Å². The molecule has 1 aliphatic carbocycles. The van der Waals surface area contributed by atoms with Crippen LogP contribution in [0.2, 0.25) is 0 Å². The number of aliphatic hydroxyl groups excluding tert-OH is 1. The van der Waals surface area contributed by atoms with Crippen LogP contribution in [-0.4, -0.2) is 29.7 Å². The smallest absolute Gasteiger partial charge is 0.420 e. The summed E-state index contributed by atoms with van der Waals surface area (Å²) in [5.41, 5.74) is -1.23. The number of hydrogen-bond donors (Lipinski definition) is 2. The van der Waals surface area contributed by atoms with E-state index < -0.39 is 53.4 Å². The largest absolute Gasteiger partial charge is 0.457 e. The second kappa shape index (κ2) is 11.0. The zero-order valence-electron chi connectivity index (χ0n) is 20.5. The van der Waals surface area contributed by atoms with Crippen LogP contribution < -0.4 is 14.8 Å². The Morgan fingerprint density at radius 3 is 2.17 bits per heavy atom. The number of nitrogens with one attached hydrogen (secondary N) is 1. The molecule has 2 N–H and O–H groups in total. The van der Waals surface area contributed by atoms with Crippen LogP contribution in [0.3, 0.4) is 0 Å². The molecule has 0 saturated heterocycles. The maximum Gasteiger partial charge on any atom is 0.420 e. The maximum absolute atomic E-state index is 13.9. The van der Waals surface area contributed by atoms with Gasteiger partial charge in [-0.15, -0.1) is 0 Å². The lowest BCUT2D eigenvalue weighted by atomic mass is 9.98. The van der Waals surface area contributed by atoms with Crippen LogP contribution in [0.1, 0.15) is 45.8 Å². The Morgan fingerprint density at radius 2 is 1.62 bits per heavy atom. The number of hydrogen-bond acceptors (Lipinski definition) is 4. The van der Waals surface area contributed by atoms with Crippen molar-refractivity contribution in [3.05, 3.63) is 82.7 Å². The Kier molecular flexibility index (Phi) is 7.97. The number of carbonyl (C=O) groups excluding carboxylic acids is 1. The van der Waals surface area contributed by atoms with Gasteiger partial charge in [-0.1, -0.05) is 0 Å². The van der Waals surface area contributed by atoms with E-state index in [0.717, 1.165) is 42.5 Å². The summed E-state index contributed by atoms with van der Waals surface area (Å²) in [5.74, 6) is -2.46. The third kappa shape index (κ3) is 6.82. The van der Waals surface area contributed by atoms with E-state index in [1.54, 1.807) is 0 Å². The molecular weight excluding hydrogens is 554 g/mol. The van der Waals surface area contributed by atoms with Crippen molar-refractivity contribution in [2.75, 3.05) is 5.32 Å². The predicted molar refractivity (Wildman–Crippen MR) is 127 cm³/mol. The van der Waals surface area contributed by atoms with E-state index in [-0.39, 0.29) is 28.7 Å². The highest BCUT2D eigenvalue weighted by atomic mass is 19.4. The van der Waals surface area contributed by atoms with Gasteiger partial charge in [0.2, 0.25) is 6.10 Å². The average molecular weight is 575 g/mol. The first kappa shape index (κ1) is 29.1. The molecular formula is C27H21F8NO4. The van der Waals surface area contributed by atoms with Crippen molar-refractivity contribution in [1.29, 1.82) is 0 Å². The predicted octanol–water partition coefficient (Wildman–Crippen LogP) is 7.67. The zero-order chi connectivity index (χ0) is 29.4. The molecule has 3 aromatic carbocycles. The highest BCUT2D eigenvalue weighted by molar-refractivity contribution is 6.06. The molecule has 4 rings (SSSR count). The molecule has 0 radical (unpaired) electrons. The first-order chi connectivity index (χ1) is 18.6. The second-order valence-electron chi connectivity index (χ2n) is 9.15. The standard InChI is InChI=1S/C27H21F8NO4/c1-13-10-15(28)4-9-21(13)40-22-12-18(14-2-3-14)20(26(30,31)32)11-19(22)25(38)36-16-5-7-17(8-6-16)39-24(29)23(37)27(33,34)35/h4-12,14,23-24,37H,2-3H2,1H3,(H,36,38). The van der Waals surface area contributed by atoms with E-state index in [4.69, 9.17) is 9.84 Å². The molecule has 0 spiro atoms. The molecule has 1 fully saturated rings. The van der Waals surface area contributed by atoms with Crippen LogP contribution in [0.5, 0.6) is 17.2 Å². The van der Waals surface area contributed by atoms with Gasteiger partial charge in [0.05, 0.1) is 11.1 Å². The van der Waals surface area contributed by atoms with Gasteiger partial charge >= 0.3 is 12.4 Å². The van der Waals surface area contributed by atoms with Gasteiger partial charge in [-0.2, -0.15) is 30.7 Å². The number of aryl methyl sites for hydroxylation is 1. The number of benzene rings is 3. The van der Waals surface area contributed by atoms with Gasteiger partial charge in [0.1, 0.15) is 23.1 Å².